The van der Waals surface area contributed by atoms with E-state index in [9.17, 15) is 0 Å². The van der Waals surface area contributed by atoms with Gasteiger partial charge in [-0.05, 0) is 32.9 Å². The van der Waals surface area contributed by atoms with Crippen LogP contribution in [-0.4, -0.2) is 49.0 Å². The van der Waals surface area contributed by atoms with Crippen molar-refractivity contribution in [3.05, 3.63) is 0 Å². The van der Waals surface area contributed by atoms with Crippen LogP contribution in [0, 0.1) is 11.8 Å². The molecule has 1 N–H and O–H groups in total. The van der Waals surface area contributed by atoms with Crippen molar-refractivity contribution in [3.63, 3.8) is 0 Å². The van der Waals surface area contributed by atoms with Crippen LogP contribution >= 0.6 is 0 Å². The van der Waals surface area contributed by atoms with Gasteiger partial charge in [0.05, 0.1) is 19.8 Å². The predicted octanol–water partition coefficient (Wildman–Crippen LogP) is 2.29. The zero-order valence-corrected chi connectivity index (χ0v) is 12.2. The molecule has 1 atom stereocenters. The van der Waals surface area contributed by atoms with Gasteiger partial charge >= 0.3 is 0 Å². The summed E-state index contributed by atoms with van der Waals surface area (Å²) in [5.41, 5.74) is 0. The molecule has 18 heavy (non-hydrogen) atoms. The minimum Gasteiger partial charge on any atom is -0.394 e. The first-order valence-electron chi connectivity index (χ1n) is 7.17. The third-order valence-corrected chi connectivity index (χ3v) is 2.72. The van der Waals surface area contributed by atoms with Crippen molar-refractivity contribution in [3.8, 4) is 11.8 Å². The van der Waals surface area contributed by atoms with Crippen molar-refractivity contribution in [1.82, 2.24) is 4.90 Å². The highest BCUT2D eigenvalue weighted by molar-refractivity contribution is 5.05. The number of hydrogen-bond donors (Lipinski definition) is 1. The molecule has 0 amide bonds. The van der Waals surface area contributed by atoms with Gasteiger partial charge in [-0.2, -0.15) is 0 Å². The lowest BCUT2D eigenvalue weighted by Crippen LogP contribution is -2.26. The molecule has 0 aliphatic heterocycles. The quantitative estimate of drug-likeness (QED) is 0.608. The second kappa shape index (κ2) is 12.9. The number of ether oxygens (including phenoxy) is 1. The van der Waals surface area contributed by atoms with Gasteiger partial charge in [0.1, 0.15) is 6.10 Å². The van der Waals surface area contributed by atoms with Crippen LogP contribution in [0.5, 0.6) is 0 Å². The molecular weight excluding hydrogens is 226 g/mol. The van der Waals surface area contributed by atoms with Crippen LogP contribution < -0.4 is 0 Å². The van der Waals surface area contributed by atoms with E-state index in [0.717, 1.165) is 19.6 Å². The van der Waals surface area contributed by atoms with E-state index >= 15 is 0 Å². The molecule has 0 aliphatic rings. The average Bonchev–Trinajstić information content (AvgIpc) is 2.38. The number of rotatable bonds is 10. The number of nitrogens with zero attached hydrogens (tertiary/aromatic N) is 1. The van der Waals surface area contributed by atoms with E-state index in [-0.39, 0.29) is 12.7 Å². The van der Waals surface area contributed by atoms with Crippen LogP contribution in [0.3, 0.4) is 0 Å². The van der Waals surface area contributed by atoms with Crippen molar-refractivity contribution in [2.24, 2.45) is 0 Å². The van der Waals surface area contributed by atoms with Gasteiger partial charge in [0.25, 0.3) is 0 Å². The Morgan fingerprint density at radius 1 is 1.17 bits per heavy atom. The number of aliphatic hydroxyl groups excluding tert-OH is 1. The fraction of sp³-hybridized carbons (Fsp3) is 0.867. The third-order valence-electron chi connectivity index (χ3n) is 2.72. The maximum absolute atomic E-state index is 8.64. The van der Waals surface area contributed by atoms with Crippen LogP contribution in [0.1, 0.15) is 46.5 Å². The molecule has 0 saturated heterocycles. The molecule has 0 bridgehead atoms. The van der Waals surface area contributed by atoms with Crippen LogP contribution in [-0.2, 0) is 4.74 Å². The van der Waals surface area contributed by atoms with E-state index in [1.165, 1.54) is 25.7 Å². The summed E-state index contributed by atoms with van der Waals surface area (Å²) in [6.07, 6.45) is 4.85. The molecule has 3 heteroatoms. The van der Waals surface area contributed by atoms with E-state index in [1.54, 1.807) is 0 Å². The summed E-state index contributed by atoms with van der Waals surface area (Å²) in [5, 5.41) is 8.64. The lowest BCUT2D eigenvalue weighted by atomic mass is 10.2. The topological polar surface area (TPSA) is 32.7 Å². The van der Waals surface area contributed by atoms with Gasteiger partial charge in [0.15, 0.2) is 0 Å². The first-order chi connectivity index (χ1) is 8.74. The van der Waals surface area contributed by atoms with Crippen LogP contribution in [0.4, 0.5) is 0 Å². The van der Waals surface area contributed by atoms with Gasteiger partial charge in [0.2, 0.25) is 0 Å². The molecule has 0 aromatic rings. The van der Waals surface area contributed by atoms with Crippen molar-refractivity contribution >= 4 is 0 Å². The normalized spacial score (nSPS) is 12.3. The molecule has 0 spiro atoms. The number of hydrogen-bond acceptors (Lipinski definition) is 3. The van der Waals surface area contributed by atoms with E-state index < -0.39 is 0 Å². The molecule has 0 unspecified atom stereocenters. The molecule has 0 aromatic heterocycles. The Labute approximate surface area is 113 Å². The maximum atomic E-state index is 8.64. The molecular formula is C15H29NO2. The van der Waals surface area contributed by atoms with E-state index in [4.69, 9.17) is 9.84 Å². The van der Waals surface area contributed by atoms with Gasteiger partial charge in [-0.15, -0.1) is 0 Å². The number of unbranched alkanes of at least 4 members (excludes halogenated alkanes) is 2. The van der Waals surface area contributed by atoms with E-state index in [1.807, 2.05) is 6.92 Å². The minimum absolute atomic E-state index is 0.0607. The fourth-order valence-corrected chi connectivity index (χ4v) is 1.61. The third kappa shape index (κ3) is 10.6. The fourth-order valence-electron chi connectivity index (χ4n) is 1.61. The molecule has 0 radical (unpaired) electrons. The summed E-state index contributed by atoms with van der Waals surface area (Å²) in [6, 6.07) is 0. The molecule has 0 saturated carbocycles. The largest absolute Gasteiger partial charge is 0.394 e. The van der Waals surface area contributed by atoms with E-state index in [0.29, 0.717) is 6.61 Å². The molecule has 106 valence electrons. The Balaban J connectivity index is 3.94. The Hall–Kier alpha value is -0.560. The minimum atomic E-state index is -0.0867. The smallest absolute Gasteiger partial charge is 0.115 e. The van der Waals surface area contributed by atoms with E-state index in [2.05, 4.69) is 30.6 Å². The van der Waals surface area contributed by atoms with Crippen LogP contribution in [0.2, 0.25) is 0 Å². The van der Waals surface area contributed by atoms with Crippen LogP contribution in [0.15, 0.2) is 0 Å². The van der Waals surface area contributed by atoms with Gasteiger partial charge in [-0.3, -0.25) is 4.90 Å². The summed E-state index contributed by atoms with van der Waals surface area (Å²) < 4.78 is 5.29. The Morgan fingerprint density at radius 3 is 2.28 bits per heavy atom. The summed E-state index contributed by atoms with van der Waals surface area (Å²) in [6.45, 7) is 9.88. The second-order valence-electron chi connectivity index (χ2n) is 4.54. The van der Waals surface area contributed by atoms with Crippen molar-refractivity contribution in [2.45, 2.75) is 52.6 Å². The van der Waals surface area contributed by atoms with Gasteiger partial charge in [0, 0.05) is 0 Å². The van der Waals surface area contributed by atoms with Gasteiger partial charge < -0.3 is 9.84 Å². The summed E-state index contributed by atoms with van der Waals surface area (Å²) >= 11 is 0. The Bertz CT molecular complexity index is 224. The molecule has 0 rings (SSSR count). The average molecular weight is 255 g/mol. The first kappa shape index (κ1) is 17.4. The Kier molecular flexibility index (Phi) is 12.5. The zero-order valence-electron chi connectivity index (χ0n) is 12.2. The maximum Gasteiger partial charge on any atom is 0.115 e. The highest BCUT2D eigenvalue weighted by Crippen LogP contribution is 1.98. The molecule has 0 fully saturated rings. The standard InChI is InChI=1S/C15H29NO2/c1-4-6-10-16(11-7-5-2)12-8-9-15(3)18-14-13-17/h15,17H,4-7,10-14H2,1-3H3/t15-/m1/s1. The summed E-state index contributed by atoms with van der Waals surface area (Å²) in [7, 11) is 0. The molecule has 0 aromatic carbocycles. The van der Waals surface area contributed by atoms with Gasteiger partial charge in [-0.1, -0.05) is 38.5 Å². The van der Waals surface area contributed by atoms with Crippen LogP contribution in [0.25, 0.3) is 0 Å². The second-order valence-corrected chi connectivity index (χ2v) is 4.54. The monoisotopic (exact) mass is 255 g/mol. The highest BCUT2D eigenvalue weighted by atomic mass is 16.5. The zero-order chi connectivity index (χ0) is 13.6. The van der Waals surface area contributed by atoms with Crippen molar-refractivity contribution < 1.29 is 9.84 Å². The van der Waals surface area contributed by atoms with Crippen molar-refractivity contribution in [2.75, 3.05) is 32.8 Å². The first-order valence-corrected chi connectivity index (χ1v) is 7.17. The number of aliphatic hydroxyl groups is 1. The van der Waals surface area contributed by atoms with Crippen molar-refractivity contribution in [1.29, 1.82) is 0 Å². The van der Waals surface area contributed by atoms with Gasteiger partial charge in [-0.25, -0.2) is 0 Å². The molecule has 0 heterocycles. The summed E-state index contributed by atoms with van der Waals surface area (Å²) in [4.78, 5) is 2.42. The lowest BCUT2D eigenvalue weighted by Gasteiger charge is -2.18. The summed E-state index contributed by atoms with van der Waals surface area (Å²) in [5.74, 6) is 6.26. The SMILES string of the molecule is CCCCN(CC#C[C@@H](C)OCCO)CCCC. The Morgan fingerprint density at radius 2 is 1.78 bits per heavy atom. The molecule has 3 nitrogen and oxygen atoms in total. The molecule has 0 aliphatic carbocycles. The predicted molar refractivity (Wildman–Crippen MR) is 76.5 cm³/mol. The lowest BCUT2D eigenvalue weighted by molar-refractivity contribution is 0.0687. The highest BCUT2D eigenvalue weighted by Gasteiger charge is 2.01.